The van der Waals surface area contributed by atoms with Crippen molar-refractivity contribution in [1.29, 1.82) is 0 Å². The molecule has 0 heterocycles. The predicted octanol–water partition coefficient (Wildman–Crippen LogP) is 7.57. The van der Waals surface area contributed by atoms with E-state index >= 15 is 0 Å². The lowest BCUT2D eigenvalue weighted by molar-refractivity contribution is -0.137. The quantitative estimate of drug-likeness (QED) is 0.175. The largest absolute Gasteiger partial charge is 0.507 e. The van der Waals surface area contributed by atoms with Gasteiger partial charge in [0.2, 0.25) is 0 Å². The molecule has 0 aliphatic heterocycles. The number of hydrogen-bond acceptors (Lipinski definition) is 3. The number of phenolic OH excluding ortho intramolecular Hbond substituents is 1. The maximum atomic E-state index is 13.1. The van der Waals surface area contributed by atoms with Gasteiger partial charge in [0.1, 0.15) is 18.1 Å². The lowest BCUT2D eigenvalue weighted by atomic mass is 9.99. The second-order valence-corrected chi connectivity index (χ2v) is 10.3. The molecule has 1 amide bonds. The van der Waals surface area contributed by atoms with E-state index in [4.69, 9.17) is 4.74 Å². The Bertz CT molecular complexity index is 1710. The molecular weight excluding hydrogens is 563 g/mol. The Balaban J connectivity index is 1.64. The smallest absolute Gasteiger partial charge is 0.416 e. The topological polar surface area (TPSA) is 58.6 Å². The summed E-state index contributed by atoms with van der Waals surface area (Å²) in [6.45, 7) is 4.37. The van der Waals surface area contributed by atoms with Gasteiger partial charge in [-0.15, -0.1) is 0 Å². The summed E-state index contributed by atoms with van der Waals surface area (Å²) in [5.74, 6) is 0.210. The molecule has 0 bridgehead atoms. The van der Waals surface area contributed by atoms with Crippen molar-refractivity contribution in [3.05, 3.63) is 130 Å². The first kappa shape index (κ1) is 32.1. The minimum atomic E-state index is -4.43. The number of hydrogen-bond donors (Lipinski definition) is 2. The number of nitrogens with one attached hydrogen (secondary N) is 1. The predicted molar refractivity (Wildman–Crippen MR) is 170 cm³/mol. The highest BCUT2D eigenvalue weighted by atomic mass is 19.4. The molecule has 4 aromatic rings. The molecule has 0 saturated carbocycles. The molecule has 4 nitrogen and oxygen atoms in total. The maximum absolute atomic E-state index is 13.1. The van der Waals surface area contributed by atoms with Crippen LogP contribution in [0.4, 0.5) is 13.2 Å². The van der Waals surface area contributed by atoms with Crippen molar-refractivity contribution < 1.29 is 27.8 Å². The molecule has 0 atom stereocenters. The fourth-order valence-corrected chi connectivity index (χ4v) is 4.79. The Kier molecular flexibility index (Phi) is 11.0. The summed E-state index contributed by atoms with van der Waals surface area (Å²) in [4.78, 5) is 13.1. The zero-order chi connectivity index (χ0) is 31.5. The van der Waals surface area contributed by atoms with Gasteiger partial charge in [0.15, 0.2) is 0 Å². The second kappa shape index (κ2) is 15.1. The Morgan fingerprint density at radius 3 is 2.39 bits per heavy atom. The van der Waals surface area contributed by atoms with Crippen LogP contribution in [0.1, 0.15) is 53.7 Å². The number of phenols is 1. The van der Waals surface area contributed by atoms with Gasteiger partial charge in [-0.2, -0.15) is 13.2 Å². The lowest BCUT2D eigenvalue weighted by Crippen LogP contribution is -2.25. The molecule has 0 saturated heterocycles. The molecule has 2 N–H and O–H groups in total. The van der Waals surface area contributed by atoms with Crippen LogP contribution in [0.25, 0.3) is 23.3 Å². The number of benzene rings is 4. The summed E-state index contributed by atoms with van der Waals surface area (Å²) < 4.78 is 45.3. The lowest BCUT2D eigenvalue weighted by Gasteiger charge is -2.15. The summed E-state index contributed by atoms with van der Waals surface area (Å²) in [5, 5.41) is 15.4. The monoisotopic (exact) mass is 599 g/mol. The Labute approximate surface area is 255 Å². The fraction of sp³-hybridized carbons (Fsp3) is 0.216. The van der Waals surface area contributed by atoms with Gasteiger partial charge in [0.05, 0.1) is 5.56 Å². The van der Waals surface area contributed by atoms with Crippen molar-refractivity contribution in [2.24, 2.45) is 0 Å². The number of alkyl halides is 3. The van der Waals surface area contributed by atoms with Crippen LogP contribution in [0.2, 0.25) is 0 Å². The zero-order valence-electron chi connectivity index (χ0n) is 24.8. The first-order valence-electron chi connectivity index (χ1n) is 14.6. The minimum absolute atomic E-state index is 0.0154. The van der Waals surface area contributed by atoms with Crippen LogP contribution in [-0.2, 0) is 19.2 Å². The highest BCUT2D eigenvalue weighted by Gasteiger charge is 2.30. The SMILES string of the molecule is C\C=C/C=c1/cc(-c2ccc(C(=O)NCCCc3ccccc3)cc2OCc2ccc(C(F)(F)F)cc2)cc(O)/c1=C\CC. The van der Waals surface area contributed by atoms with Crippen LogP contribution in [-0.4, -0.2) is 17.6 Å². The number of allylic oxidation sites excluding steroid dienone is 2. The molecule has 7 heteroatoms. The van der Waals surface area contributed by atoms with Gasteiger partial charge in [-0.1, -0.05) is 73.7 Å². The van der Waals surface area contributed by atoms with E-state index in [1.165, 1.54) is 17.7 Å². The van der Waals surface area contributed by atoms with E-state index in [0.717, 1.165) is 36.6 Å². The molecule has 44 heavy (non-hydrogen) atoms. The summed E-state index contributed by atoms with van der Waals surface area (Å²) >= 11 is 0. The normalized spacial score (nSPS) is 12.6. The van der Waals surface area contributed by atoms with Crippen molar-refractivity contribution >= 4 is 18.1 Å². The van der Waals surface area contributed by atoms with Gasteiger partial charge in [0.25, 0.3) is 5.91 Å². The molecule has 0 unspecified atom stereocenters. The van der Waals surface area contributed by atoms with E-state index < -0.39 is 11.7 Å². The number of amides is 1. The first-order chi connectivity index (χ1) is 21.2. The number of halogens is 3. The summed E-state index contributed by atoms with van der Waals surface area (Å²) in [6, 6.07) is 23.5. The third-order valence-electron chi connectivity index (χ3n) is 7.07. The molecule has 0 aromatic heterocycles. The molecule has 4 aromatic carbocycles. The number of aromatic hydroxyl groups is 1. The summed E-state index contributed by atoms with van der Waals surface area (Å²) in [7, 11) is 0. The molecule has 0 spiro atoms. The highest BCUT2D eigenvalue weighted by Crippen LogP contribution is 2.33. The van der Waals surface area contributed by atoms with Gasteiger partial charge in [-0.25, -0.2) is 0 Å². The van der Waals surface area contributed by atoms with E-state index in [0.29, 0.717) is 39.8 Å². The van der Waals surface area contributed by atoms with Gasteiger partial charge in [0, 0.05) is 22.9 Å². The summed E-state index contributed by atoms with van der Waals surface area (Å²) in [5.41, 5.74) is 2.68. The standard InChI is InChI=1S/C37H36F3NO3/c1-3-5-14-28-22-30(23-34(42)32(28)10-4-2)33-20-17-29(36(43)41-21-9-13-26-11-7-6-8-12-26)24-35(33)44-25-27-15-18-31(19-16-27)37(38,39)40/h3,5-8,10-12,14-20,22-24,42H,4,9,13,21,25H2,1-2H3,(H,41,43)/b5-3-,28-14-,32-10-. The first-order valence-corrected chi connectivity index (χ1v) is 14.6. The molecule has 228 valence electrons. The van der Waals surface area contributed by atoms with Crippen molar-refractivity contribution in [3.63, 3.8) is 0 Å². The van der Waals surface area contributed by atoms with Gasteiger partial charge in [-0.05, 0) is 90.6 Å². The van der Waals surface area contributed by atoms with Crippen LogP contribution in [0.15, 0.2) is 97.1 Å². The Hall–Kier alpha value is -4.78. The van der Waals surface area contributed by atoms with E-state index in [2.05, 4.69) is 5.32 Å². The molecular formula is C37H36F3NO3. The second-order valence-electron chi connectivity index (χ2n) is 10.3. The molecule has 0 aliphatic rings. The minimum Gasteiger partial charge on any atom is -0.507 e. The van der Waals surface area contributed by atoms with Crippen LogP contribution >= 0.6 is 0 Å². The molecule has 0 fully saturated rings. The van der Waals surface area contributed by atoms with Gasteiger partial charge in [-0.3, -0.25) is 4.79 Å². The van der Waals surface area contributed by atoms with Crippen LogP contribution in [0.3, 0.4) is 0 Å². The van der Waals surface area contributed by atoms with E-state index in [-0.39, 0.29) is 18.3 Å². The zero-order valence-corrected chi connectivity index (χ0v) is 24.8. The number of ether oxygens (including phenoxy) is 1. The van der Waals surface area contributed by atoms with Crippen LogP contribution in [0.5, 0.6) is 11.5 Å². The van der Waals surface area contributed by atoms with E-state index in [1.54, 1.807) is 24.3 Å². The number of rotatable bonds is 11. The van der Waals surface area contributed by atoms with Gasteiger partial charge < -0.3 is 15.2 Å². The van der Waals surface area contributed by atoms with Crippen molar-refractivity contribution in [2.75, 3.05) is 6.54 Å². The van der Waals surface area contributed by atoms with Crippen molar-refractivity contribution in [1.82, 2.24) is 5.32 Å². The van der Waals surface area contributed by atoms with Crippen molar-refractivity contribution in [2.45, 2.75) is 45.9 Å². The average molecular weight is 600 g/mol. The number of carbonyl (C=O) groups excluding carboxylic acids is 1. The summed E-state index contributed by atoms with van der Waals surface area (Å²) in [6.07, 6.45) is 5.55. The highest BCUT2D eigenvalue weighted by molar-refractivity contribution is 5.95. The van der Waals surface area contributed by atoms with Crippen LogP contribution in [0, 0.1) is 0 Å². The third-order valence-corrected chi connectivity index (χ3v) is 7.07. The third kappa shape index (κ3) is 8.63. The average Bonchev–Trinajstić information content (AvgIpc) is 3.02. The van der Waals surface area contributed by atoms with Crippen molar-refractivity contribution in [3.8, 4) is 22.6 Å². The molecule has 0 aliphatic carbocycles. The maximum Gasteiger partial charge on any atom is 0.416 e. The van der Waals surface area contributed by atoms with E-state index in [9.17, 15) is 23.1 Å². The van der Waals surface area contributed by atoms with Gasteiger partial charge >= 0.3 is 6.18 Å². The Morgan fingerprint density at radius 1 is 0.955 bits per heavy atom. The number of aryl methyl sites for hydroxylation is 1. The van der Waals surface area contributed by atoms with E-state index in [1.807, 2.05) is 74.5 Å². The fourth-order valence-electron chi connectivity index (χ4n) is 4.79. The molecule has 0 radical (unpaired) electrons. The van der Waals surface area contributed by atoms with Crippen LogP contribution < -0.4 is 20.5 Å². The number of carbonyl (C=O) groups is 1. The Morgan fingerprint density at radius 2 is 1.70 bits per heavy atom. The molecule has 4 rings (SSSR count).